The van der Waals surface area contributed by atoms with Crippen LogP contribution in [0.15, 0.2) is 23.4 Å². The van der Waals surface area contributed by atoms with Gasteiger partial charge < -0.3 is 14.3 Å². The van der Waals surface area contributed by atoms with Crippen LogP contribution in [0.5, 0.6) is 0 Å². The molecule has 1 aliphatic heterocycles. The van der Waals surface area contributed by atoms with Crippen LogP contribution in [0.25, 0.3) is 0 Å². The smallest absolute Gasteiger partial charge is 0.401 e. The Morgan fingerprint density at radius 3 is 2.38 bits per heavy atom. The highest BCUT2D eigenvalue weighted by molar-refractivity contribution is 6.83. The highest BCUT2D eigenvalue weighted by Gasteiger charge is 2.49. The quantitative estimate of drug-likeness (QED) is 0.637. The van der Waals surface area contributed by atoms with Gasteiger partial charge in [0.05, 0.1) is 8.07 Å². The first-order chi connectivity index (χ1) is 5.91. The maximum Gasteiger partial charge on any atom is 0.641 e. The molecule has 2 rings (SSSR count). The second-order valence-electron chi connectivity index (χ2n) is 4.45. The molecule has 1 spiro atoms. The summed E-state index contributed by atoms with van der Waals surface area (Å²) in [5.74, 6) is -0.741. The van der Waals surface area contributed by atoms with E-state index in [4.69, 9.17) is 14.3 Å². The first kappa shape index (κ1) is 9.21. The lowest BCUT2D eigenvalue weighted by Crippen LogP contribution is -2.54. The molecule has 0 saturated carbocycles. The second-order valence-corrected chi connectivity index (χ2v) is 9.52. The van der Waals surface area contributed by atoms with Gasteiger partial charge in [0.15, 0.2) is 5.79 Å². The summed E-state index contributed by atoms with van der Waals surface area (Å²) < 4.78 is 10.2. The van der Waals surface area contributed by atoms with Gasteiger partial charge in [-0.25, -0.2) is 0 Å². The first-order valence-electron chi connectivity index (χ1n) is 4.38. The third-order valence-electron chi connectivity index (χ3n) is 2.29. The molecule has 5 heteroatoms. The van der Waals surface area contributed by atoms with Gasteiger partial charge in [-0.2, -0.15) is 0 Å². The minimum Gasteiger partial charge on any atom is -0.401 e. The lowest BCUT2D eigenvalue weighted by atomic mass is 10.1. The maximum atomic E-state index is 8.87. The molecule has 0 atom stereocenters. The molecule has 13 heavy (non-hydrogen) atoms. The van der Waals surface area contributed by atoms with Gasteiger partial charge in [0.2, 0.25) is 0 Å². The predicted octanol–water partition coefficient (Wildman–Crippen LogP) is 1.08. The topological polar surface area (TPSA) is 38.7 Å². The van der Waals surface area contributed by atoms with Gasteiger partial charge >= 0.3 is 7.32 Å². The van der Waals surface area contributed by atoms with Crippen molar-refractivity contribution >= 4 is 15.4 Å². The van der Waals surface area contributed by atoms with Gasteiger partial charge in [-0.15, -0.1) is 0 Å². The van der Waals surface area contributed by atoms with Crippen molar-refractivity contribution in [3.05, 3.63) is 23.4 Å². The van der Waals surface area contributed by atoms with Crippen molar-refractivity contribution in [3.63, 3.8) is 0 Å². The number of rotatable bonds is 1. The maximum absolute atomic E-state index is 8.87. The van der Waals surface area contributed by atoms with E-state index in [1.54, 1.807) is 0 Å². The SMILES string of the molecule is C[Si](C)(C)C1=CC2(C=C1)OB(O)O2. The Balaban J connectivity index is 2.17. The predicted molar refractivity (Wildman–Crippen MR) is 53.4 cm³/mol. The zero-order valence-electron chi connectivity index (χ0n) is 8.07. The van der Waals surface area contributed by atoms with E-state index in [9.17, 15) is 0 Å². The van der Waals surface area contributed by atoms with Gasteiger partial charge in [0.1, 0.15) is 0 Å². The van der Waals surface area contributed by atoms with Crippen molar-refractivity contribution in [1.82, 2.24) is 0 Å². The normalized spacial score (nSPS) is 24.9. The monoisotopic (exact) mass is 196 g/mol. The zero-order valence-corrected chi connectivity index (χ0v) is 9.07. The van der Waals surface area contributed by atoms with Gasteiger partial charge in [-0.1, -0.05) is 30.9 Å². The fraction of sp³-hybridized carbons (Fsp3) is 0.500. The molecule has 70 valence electrons. The summed E-state index contributed by atoms with van der Waals surface area (Å²) in [6, 6.07) is 0. The fourth-order valence-electron chi connectivity index (χ4n) is 1.46. The molecule has 1 heterocycles. The van der Waals surface area contributed by atoms with Crippen LogP contribution in [0.3, 0.4) is 0 Å². The van der Waals surface area contributed by atoms with E-state index >= 15 is 0 Å². The average molecular weight is 196 g/mol. The number of hydrogen-bond acceptors (Lipinski definition) is 3. The van der Waals surface area contributed by atoms with E-state index in [-0.39, 0.29) is 0 Å². The summed E-state index contributed by atoms with van der Waals surface area (Å²) in [7, 11) is -2.34. The molecule has 0 bridgehead atoms. The minimum atomic E-state index is -1.28. The molecule has 1 aliphatic carbocycles. The minimum absolute atomic E-state index is 0.741. The van der Waals surface area contributed by atoms with Crippen molar-refractivity contribution in [2.24, 2.45) is 0 Å². The molecule has 2 aliphatic rings. The Morgan fingerprint density at radius 1 is 1.38 bits per heavy atom. The average Bonchev–Trinajstić information content (AvgIpc) is 2.29. The molecule has 1 fully saturated rings. The van der Waals surface area contributed by atoms with E-state index in [1.165, 1.54) is 5.20 Å². The zero-order chi connectivity index (χ0) is 9.69. The summed E-state index contributed by atoms with van der Waals surface area (Å²) in [5.41, 5.74) is 0. The van der Waals surface area contributed by atoms with Gasteiger partial charge in [-0.05, 0) is 12.2 Å². The highest BCUT2D eigenvalue weighted by Crippen LogP contribution is 2.36. The number of allylic oxidation sites excluding steroid dienone is 2. The van der Waals surface area contributed by atoms with Gasteiger partial charge in [-0.3, -0.25) is 0 Å². The van der Waals surface area contributed by atoms with Crippen molar-refractivity contribution in [2.45, 2.75) is 25.4 Å². The Labute approximate surface area is 79.2 Å². The molecule has 3 nitrogen and oxygen atoms in total. The van der Waals surface area contributed by atoms with Crippen LogP contribution in [0, 0.1) is 0 Å². The summed E-state index contributed by atoms with van der Waals surface area (Å²) in [6.45, 7) is 6.78. The molecular weight excluding hydrogens is 183 g/mol. The molecular formula is C8H13BO3Si. The van der Waals surface area contributed by atoms with E-state index in [0.29, 0.717) is 0 Å². The third kappa shape index (κ3) is 1.52. The van der Waals surface area contributed by atoms with Gasteiger partial charge in [0, 0.05) is 0 Å². The summed E-state index contributed by atoms with van der Waals surface area (Å²) in [6.07, 6.45) is 5.86. The van der Waals surface area contributed by atoms with Crippen molar-refractivity contribution in [2.75, 3.05) is 0 Å². The van der Waals surface area contributed by atoms with Crippen molar-refractivity contribution in [1.29, 1.82) is 0 Å². The van der Waals surface area contributed by atoms with Gasteiger partial charge in [0.25, 0.3) is 0 Å². The van der Waals surface area contributed by atoms with Crippen LogP contribution in [0.4, 0.5) is 0 Å². The largest absolute Gasteiger partial charge is 0.641 e. The molecule has 1 N–H and O–H groups in total. The van der Waals surface area contributed by atoms with E-state index in [2.05, 4.69) is 19.6 Å². The van der Waals surface area contributed by atoms with Crippen molar-refractivity contribution in [3.8, 4) is 0 Å². The van der Waals surface area contributed by atoms with Crippen molar-refractivity contribution < 1.29 is 14.3 Å². The molecule has 0 aromatic carbocycles. The standard InChI is InChI=1S/C8H13BO3Si/c1-13(2,3)7-4-5-8(6-7)11-9(10)12-8/h4-6,10H,1-3H3. The Kier molecular flexibility index (Phi) is 1.82. The summed E-state index contributed by atoms with van der Waals surface area (Å²) in [4.78, 5) is 0. The molecule has 0 aromatic rings. The molecule has 0 amide bonds. The Morgan fingerprint density at radius 2 is 2.00 bits per heavy atom. The highest BCUT2D eigenvalue weighted by atomic mass is 28.3. The molecule has 0 radical (unpaired) electrons. The van der Waals surface area contributed by atoms with E-state index < -0.39 is 21.2 Å². The lowest BCUT2D eigenvalue weighted by molar-refractivity contribution is -0.172. The summed E-state index contributed by atoms with van der Waals surface area (Å²) >= 11 is 0. The molecule has 0 aromatic heterocycles. The molecule has 1 saturated heterocycles. The summed E-state index contributed by atoms with van der Waals surface area (Å²) in [5, 5.41) is 10.2. The van der Waals surface area contributed by atoms with Crippen LogP contribution in [-0.2, 0) is 9.31 Å². The van der Waals surface area contributed by atoms with Crippen LogP contribution >= 0.6 is 0 Å². The van der Waals surface area contributed by atoms with Crippen LogP contribution in [-0.4, -0.2) is 26.2 Å². The number of hydrogen-bond donors (Lipinski definition) is 1. The Hall–Kier alpha value is -0.358. The van der Waals surface area contributed by atoms with Crippen LogP contribution < -0.4 is 0 Å². The van der Waals surface area contributed by atoms with E-state index in [1.807, 2.05) is 18.2 Å². The van der Waals surface area contributed by atoms with E-state index in [0.717, 1.165) is 0 Å². The van der Waals surface area contributed by atoms with Crippen LogP contribution in [0.2, 0.25) is 19.6 Å². The lowest BCUT2D eigenvalue weighted by Gasteiger charge is -2.37. The van der Waals surface area contributed by atoms with Crippen LogP contribution in [0.1, 0.15) is 0 Å². The third-order valence-corrected chi connectivity index (χ3v) is 4.33. The first-order valence-corrected chi connectivity index (χ1v) is 7.88. The fourth-order valence-corrected chi connectivity index (χ4v) is 2.67. The Bertz CT molecular complexity index is 286. The molecule has 0 unspecified atom stereocenters. The second kappa shape index (κ2) is 2.57.